The van der Waals surface area contributed by atoms with Gasteiger partial charge in [-0.1, -0.05) is 31.5 Å². The predicted octanol–water partition coefficient (Wildman–Crippen LogP) is 1.96. The minimum absolute atomic E-state index is 0. The standard InChI is InChI=1S/C17H29N3O3S.ClH/c1-12(2)11-16(17(21)19-10-9-14(4)18)20-24(22,23)15-7-5-13(3)6-8-15;/h5-8,12,14,16,20H,9-11,18H2,1-4H3,(H,19,21);1H. The number of aryl methyl sites for hydroxylation is 1. The molecule has 0 fully saturated rings. The van der Waals surface area contributed by atoms with Gasteiger partial charge in [-0.15, -0.1) is 12.4 Å². The molecule has 6 nitrogen and oxygen atoms in total. The molecule has 0 aliphatic heterocycles. The van der Waals surface area contributed by atoms with E-state index in [4.69, 9.17) is 5.73 Å². The van der Waals surface area contributed by atoms with Crippen molar-refractivity contribution in [3.8, 4) is 0 Å². The van der Waals surface area contributed by atoms with Gasteiger partial charge in [0.25, 0.3) is 0 Å². The average Bonchev–Trinajstić information content (AvgIpc) is 2.45. The molecule has 2 unspecified atom stereocenters. The van der Waals surface area contributed by atoms with Gasteiger partial charge in [-0.3, -0.25) is 4.79 Å². The van der Waals surface area contributed by atoms with E-state index in [9.17, 15) is 13.2 Å². The van der Waals surface area contributed by atoms with Crippen LogP contribution in [0.15, 0.2) is 29.2 Å². The number of amides is 1. The van der Waals surface area contributed by atoms with Crippen molar-refractivity contribution in [1.29, 1.82) is 0 Å². The number of benzene rings is 1. The second-order valence-electron chi connectivity index (χ2n) is 6.67. The Bertz CT molecular complexity index is 631. The number of rotatable bonds is 9. The Labute approximate surface area is 157 Å². The Kier molecular flexibility index (Phi) is 10.3. The molecule has 0 saturated heterocycles. The van der Waals surface area contributed by atoms with E-state index in [0.717, 1.165) is 5.56 Å². The molecule has 2 atom stereocenters. The quantitative estimate of drug-likeness (QED) is 0.598. The summed E-state index contributed by atoms with van der Waals surface area (Å²) >= 11 is 0. The zero-order chi connectivity index (χ0) is 18.3. The van der Waals surface area contributed by atoms with Crippen LogP contribution in [0.4, 0.5) is 0 Å². The summed E-state index contributed by atoms with van der Waals surface area (Å²) in [6, 6.07) is 5.72. The van der Waals surface area contributed by atoms with Crippen LogP contribution in [-0.2, 0) is 14.8 Å². The van der Waals surface area contributed by atoms with Gasteiger partial charge in [0.15, 0.2) is 0 Å². The molecule has 1 aromatic carbocycles. The third-order valence-corrected chi connectivity index (χ3v) is 5.04. The lowest BCUT2D eigenvalue weighted by molar-refractivity contribution is -0.123. The maximum absolute atomic E-state index is 12.5. The fourth-order valence-electron chi connectivity index (χ4n) is 2.20. The normalized spacial score (nSPS) is 13.8. The summed E-state index contributed by atoms with van der Waals surface area (Å²) < 4.78 is 27.5. The molecule has 0 spiro atoms. The van der Waals surface area contributed by atoms with Crippen molar-refractivity contribution >= 4 is 28.3 Å². The van der Waals surface area contributed by atoms with Crippen molar-refractivity contribution < 1.29 is 13.2 Å². The van der Waals surface area contributed by atoms with Crippen molar-refractivity contribution in [2.75, 3.05) is 6.54 Å². The number of halogens is 1. The van der Waals surface area contributed by atoms with Crippen molar-refractivity contribution in [1.82, 2.24) is 10.0 Å². The van der Waals surface area contributed by atoms with Gasteiger partial charge in [-0.2, -0.15) is 4.72 Å². The largest absolute Gasteiger partial charge is 0.355 e. The zero-order valence-corrected chi connectivity index (χ0v) is 16.9. The Hall–Kier alpha value is -1.15. The fraction of sp³-hybridized carbons (Fsp3) is 0.588. The summed E-state index contributed by atoms with van der Waals surface area (Å²) in [5.41, 5.74) is 6.64. The van der Waals surface area contributed by atoms with Crippen LogP contribution >= 0.6 is 12.4 Å². The van der Waals surface area contributed by atoms with Crippen molar-refractivity contribution in [2.45, 2.75) is 57.5 Å². The Balaban J connectivity index is 0.00000576. The summed E-state index contributed by atoms with van der Waals surface area (Å²) in [4.78, 5) is 12.5. The summed E-state index contributed by atoms with van der Waals surface area (Å²) in [7, 11) is -3.74. The van der Waals surface area contributed by atoms with Gasteiger partial charge in [-0.25, -0.2) is 8.42 Å². The van der Waals surface area contributed by atoms with E-state index in [0.29, 0.717) is 19.4 Å². The number of sulfonamides is 1. The highest BCUT2D eigenvalue weighted by Gasteiger charge is 2.26. The van der Waals surface area contributed by atoms with E-state index < -0.39 is 16.1 Å². The zero-order valence-electron chi connectivity index (χ0n) is 15.3. The first-order chi connectivity index (χ1) is 11.1. The molecule has 1 amide bonds. The van der Waals surface area contributed by atoms with Crippen LogP contribution < -0.4 is 15.8 Å². The SMILES string of the molecule is Cc1ccc(S(=O)(=O)NC(CC(C)C)C(=O)NCCC(C)N)cc1.Cl. The van der Waals surface area contributed by atoms with Crippen molar-refractivity contribution in [3.05, 3.63) is 29.8 Å². The van der Waals surface area contributed by atoms with Crippen LogP contribution in [0, 0.1) is 12.8 Å². The minimum atomic E-state index is -3.74. The molecule has 4 N–H and O–H groups in total. The van der Waals surface area contributed by atoms with E-state index in [-0.39, 0.29) is 35.2 Å². The monoisotopic (exact) mass is 391 g/mol. The van der Waals surface area contributed by atoms with Crippen LogP contribution in [0.2, 0.25) is 0 Å². The highest BCUT2D eigenvalue weighted by atomic mass is 35.5. The highest BCUT2D eigenvalue weighted by molar-refractivity contribution is 7.89. The molecule has 8 heteroatoms. The molecule has 144 valence electrons. The lowest BCUT2D eigenvalue weighted by Gasteiger charge is -2.20. The van der Waals surface area contributed by atoms with E-state index in [2.05, 4.69) is 10.0 Å². The van der Waals surface area contributed by atoms with Crippen LogP contribution in [0.25, 0.3) is 0 Å². The number of nitrogens with one attached hydrogen (secondary N) is 2. The molecule has 0 aromatic heterocycles. The number of hydrogen-bond acceptors (Lipinski definition) is 4. The topological polar surface area (TPSA) is 101 Å². The Morgan fingerprint density at radius 1 is 1.16 bits per heavy atom. The maximum atomic E-state index is 12.5. The summed E-state index contributed by atoms with van der Waals surface area (Å²) in [5, 5.41) is 2.76. The van der Waals surface area contributed by atoms with Gasteiger partial charge in [-0.05, 0) is 44.7 Å². The summed E-state index contributed by atoms with van der Waals surface area (Å²) in [6.45, 7) is 8.07. The Morgan fingerprint density at radius 3 is 2.20 bits per heavy atom. The average molecular weight is 392 g/mol. The number of carbonyl (C=O) groups is 1. The van der Waals surface area contributed by atoms with Gasteiger partial charge >= 0.3 is 0 Å². The molecule has 0 aliphatic carbocycles. The lowest BCUT2D eigenvalue weighted by atomic mass is 10.0. The minimum Gasteiger partial charge on any atom is -0.355 e. The number of carbonyl (C=O) groups excluding carboxylic acids is 1. The van der Waals surface area contributed by atoms with E-state index in [1.54, 1.807) is 12.1 Å². The van der Waals surface area contributed by atoms with Crippen molar-refractivity contribution in [3.63, 3.8) is 0 Å². The highest BCUT2D eigenvalue weighted by Crippen LogP contribution is 2.13. The lowest BCUT2D eigenvalue weighted by Crippen LogP contribution is -2.47. The first kappa shape index (κ1) is 23.9. The molecule has 1 rings (SSSR count). The number of nitrogens with two attached hydrogens (primary N) is 1. The smallest absolute Gasteiger partial charge is 0.241 e. The molecule has 0 saturated carbocycles. The molecule has 0 aliphatic rings. The van der Waals surface area contributed by atoms with Crippen molar-refractivity contribution in [2.24, 2.45) is 11.7 Å². The van der Waals surface area contributed by atoms with Crippen LogP contribution in [0.3, 0.4) is 0 Å². The van der Waals surface area contributed by atoms with E-state index in [1.807, 2.05) is 27.7 Å². The molecule has 0 bridgehead atoms. The van der Waals surface area contributed by atoms with Gasteiger partial charge in [0.05, 0.1) is 4.90 Å². The molecular weight excluding hydrogens is 362 g/mol. The van der Waals surface area contributed by atoms with Crippen LogP contribution in [0.1, 0.15) is 39.2 Å². The fourth-order valence-corrected chi connectivity index (χ4v) is 3.41. The number of hydrogen-bond donors (Lipinski definition) is 3. The molecule has 0 radical (unpaired) electrons. The van der Waals surface area contributed by atoms with Gasteiger partial charge in [0.2, 0.25) is 15.9 Å². The summed E-state index contributed by atoms with van der Waals surface area (Å²) in [5.74, 6) is -0.144. The third-order valence-electron chi connectivity index (χ3n) is 3.55. The maximum Gasteiger partial charge on any atom is 0.241 e. The van der Waals surface area contributed by atoms with Gasteiger partial charge in [0, 0.05) is 12.6 Å². The second-order valence-corrected chi connectivity index (χ2v) is 8.39. The first-order valence-corrected chi connectivity index (χ1v) is 9.72. The van der Waals surface area contributed by atoms with Gasteiger partial charge in [0.1, 0.15) is 6.04 Å². The van der Waals surface area contributed by atoms with Crippen LogP contribution in [0.5, 0.6) is 0 Å². The molecule has 0 heterocycles. The van der Waals surface area contributed by atoms with Crippen LogP contribution in [-0.4, -0.2) is 33.0 Å². The van der Waals surface area contributed by atoms with E-state index in [1.165, 1.54) is 12.1 Å². The molecule has 1 aromatic rings. The summed E-state index contributed by atoms with van der Waals surface area (Å²) in [6.07, 6.45) is 1.07. The first-order valence-electron chi connectivity index (χ1n) is 8.24. The second kappa shape index (κ2) is 10.8. The van der Waals surface area contributed by atoms with Gasteiger partial charge < -0.3 is 11.1 Å². The van der Waals surface area contributed by atoms with E-state index >= 15 is 0 Å². The molecule has 25 heavy (non-hydrogen) atoms. The Morgan fingerprint density at radius 2 is 1.72 bits per heavy atom. The predicted molar refractivity (Wildman–Crippen MR) is 103 cm³/mol. The third kappa shape index (κ3) is 8.67. The molecular formula is C17H30ClN3O3S.